The lowest BCUT2D eigenvalue weighted by Gasteiger charge is -2.34. The molecule has 0 saturated carbocycles. The first-order valence-corrected chi connectivity index (χ1v) is 6.84. The van der Waals surface area contributed by atoms with Gasteiger partial charge >= 0.3 is 0 Å². The van der Waals surface area contributed by atoms with Crippen molar-refractivity contribution in [2.75, 3.05) is 13.7 Å². The van der Waals surface area contributed by atoms with Gasteiger partial charge in [-0.2, -0.15) is 5.10 Å². The number of ether oxygens (including phenoxy) is 2. The molecule has 2 atom stereocenters. The molecule has 0 amide bonds. The Hall–Kier alpha value is -1.07. The molecule has 19 heavy (non-hydrogen) atoms. The summed E-state index contributed by atoms with van der Waals surface area (Å²) in [5.74, 6) is 0.598. The van der Waals surface area contributed by atoms with Crippen LogP contribution in [0.4, 0.5) is 0 Å². The summed E-state index contributed by atoms with van der Waals surface area (Å²) in [4.78, 5) is 0. The lowest BCUT2D eigenvalue weighted by Crippen LogP contribution is -2.37. The molecule has 5 nitrogen and oxygen atoms in total. The minimum absolute atomic E-state index is 0.149. The van der Waals surface area contributed by atoms with Gasteiger partial charge in [-0.05, 0) is 34.1 Å². The molecule has 0 aliphatic carbocycles. The van der Waals surface area contributed by atoms with Gasteiger partial charge in [-0.1, -0.05) is 6.92 Å². The number of rotatable bonds is 7. The molecule has 0 fully saturated rings. The number of hydrogen-bond acceptors (Lipinski definition) is 4. The minimum atomic E-state index is -0.780. The van der Waals surface area contributed by atoms with Crippen LogP contribution in [0, 0.1) is 0 Å². The van der Waals surface area contributed by atoms with Crippen LogP contribution < -0.4 is 4.74 Å². The van der Waals surface area contributed by atoms with Crippen molar-refractivity contribution in [3.63, 3.8) is 0 Å². The van der Waals surface area contributed by atoms with Crippen LogP contribution in [0.1, 0.15) is 58.9 Å². The second-order valence-electron chi connectivity index (χ2n) is 5.14. The van der Waals surface area contributed by atoms with Crippen molar-refractivity contribution in [1.29, 1.82) is 0 Å². The van der Waals surface area contributed by atoms with Gasteiger partial charge < -0.3 is 14.6 Å². The van der Waals surface area contributed by atoms with E-state index in [9.17, 15) is 5.11 Å². The third kappa shape index (κ3) is 3.09. The van der Waals surface area contributed by atoms with Crippen LogP contribution in [0.3, 0.4) is 0 Å². The highest BCUT2D eigenvalue weighted by Gasteiger charge is 2.37. The summed E-state index contributed by atoms with van der Waals surface area (Å²) >= 11 is 0. The number of aliphatic hydroxyl groups excluding tert-OH is 1. The second kappa shape index (κ2) is 6.39. The van der Waals surface area contributed by atoms with E-state index >= 15 is 0 Å². The molecule has 0 saturated heterocycles. The molecular weight excluding hydrogens is 244 g/mol. The molecule has 1 heterocycles. The first kappa shape index (κ1) is 16.0. The third-order valence-electron chi connectivity index (χ3n) is 3.52. The Morgan fingerprint density at radius 2 is 2.05 bits per heavy atom. The first-order chi connectivity index (χ1) is 8.91. The van der Waals surface area contributed by atoms with Gasteiger partial charge in [-0.15, -0.1) is 0 Å². The highest BCUT2D eigenvalue weighted by atomic mass is 16.5. The molecule has 1 aromatic rings. The molecule has 5 heteroatoms. The third-order valence-corrected chi connectivity index (χ3v) is 3.52. The van der Waals surface area contributed by atoms with E-state index in [2.05, 4.69) is 5.10 Å². The molecule has 0 radical (unpaired) electrons. The van der Waals surface area contributed by atoms with Gasteiger partial charge in [0.25, 0.3) is 0 Å². The Labute approximate surface area is 115 Å². The van der Waals surface area contributed by atoms with Crippen molar-refractivity contribution in [1.82, 2.24) is 9.78 Å². The molecule has 110 valence electrons. The van der Waals surface area contributed by atoms with Crippen LogP contribution >= 0.6 is 0 Å². The Kier molecular flexibility index (Phi) is 5.38. The van der Waals surface area contributed by atoms with E-state index in [0.717, 1.165) is 0 Å². The fourth-order valence-electron chi connectivity index (χ4n) is 2.18. The van der Waals surface area contributed by atoms with Gasteiger partial charge in [-0.25, -0.2) is 0 Å². The van der Waals surface area contributed by atoms with Gasteiger partial charge in [0.2, 0.25) is 0 Å². The topological polar surface area (TPSA) is 56.5 Å². The summed E-state index contributed by atoms with van der Waals surface area (Å²) in [6, 6.07) is 0.149. The summed E-state index contributed by atoms with van der Waals surface area (Å²) in [5, 5.41) is 15.0. The summed E-state index contributed by atoms with van der Waals surface area (Å²) in [6.45, 7) is 10.4. The van der Waals surface area contributed by atoms with E-state index in [1.54, 1.807) is 18.0 Å². The van der Waals surface area contributed by atoms with Gasteiger partial charge in [0.05, 0.1) is 18.9 Å². The smallest absolute Gasteiger partial charge is 0.162 e. The van der Waals surface area contributed by atoms with Gasteiger partial charge in [-0.3, -0.25) is 4.68 Å². The van der Waals surface area contributed by atoms with Crippen molar-refractivity contribution in [2.45, 2.75) is 58.8 Å². The average molecular weight is 270 g/mol. The predicted molar refractivity (Wildman–Crippen MR) is 74.4 cm³/mol. The number of nitrogens with zero attached hydrogens (tertiary/aromatic N) is 2. The molecule has 2 unspecified atom stereocenters. The maximum absolute atomic E-state index is 10.7. The maximum atomic E-state index is 10.7. The van der Waals surface area contributed by atoms with E-state index in [1.807, 2.05) is 34.6 Å². The molecule has 1 rings (SSSR count). The van der Waals surface area contributed by atoms with E-state index in [4.69, 9.17) is 9.47 Å². The minimum Gasteiger partial charge on any atom is -0.493 e. The predicted octanol–water partition coefficient (Wildman–Crippen LogP) is 2.71. The molecule has 0 spiro atoms. The number of aliphatic hydroxyl groups is 1. The lowest BCUT2D eigenvalue weighted by molar-refractivity contribution is -0.116. The molecule has 0 aliphatic rings. The van der Waals surface area contributed by atoms with Gasteiger partial charge in [0.1, 0.15) is 11.8 Å². The van der Waals surface area contributed by atoms with Gasteiger partial charge in [0.15, 0.2) is 5.75 Å². The van der Waals surface area contributed by atoms with Crippen LogP contribution in [0.2, 0.25) is 0 Å². The highest BCUT2D eigenvalue weighted by Crippen LogP contribution is 2.37. The van der Waals surface area contributed by atoms with Crippen molar-refractivity contribution >= 4 is 0 Å². The number of methoxy groups -OCH3 is 1. The Bertz CT molecular complexity index is 403. The Morgan fingerprint density at radius 3 is 2.47 bits per heavy atom. The van der Waals surface area contributed by atoms with E-state index < -0.39 is 11.7 Å². The molecule has 1 N–H and O–H groups in total. The molecule has 1 aromatic heterocycles. The summed E-state index contributed by atoms with van der Waals surface area (Å²) in [7, 11) is 1.59. The number of hydrogen-bond donors (Lipinski definition) is 1. The lowest BCUT2D eigenvalue weighted by atomic mass is 9.92. The fraction of sp³-hybridized carbons (Fsp3) is 0.786. The summed E-state index contributed by atoms with van der Waals surface area (Å²) < 4.78 is 12.9. The largest absolute Gasteiger partial charge is 0.493 e. The monoisotopic (exact) mass is 270 g/mol. The standard InChI is InChI=1S/C14H26N2O3/c1-7-14(5,19-8-2)13(17)12-11(18-6)9-15-16(12)10(3)4/h9-10,13,17H,7-8H2,1-6H3. The molecule has 0 aromatic carbocycles. The SMILES string of the molecule is CCOC(C)(CC)C(O)c1c(OC)cnn1C(C)C. The zero-order valence-corrected chi connectivity index (χ0v) is 12.8. The molecular formula is C14H26N2O3. The summed E-state index contributed by atoms with van der Waals surface area (Å²) in [6.07, 6.45) is 1.56. The van der Waals surface area contributed by atoms with Gasteiger partial charge in [0, 0.05) is 12.6 Å². The van der Waals surface area contributed by atoms with E-state index in [1.165, 1.54) is 0 Å². The molecule has 0 bridgehead atoms. The quantitative estimate of drug-likeness (QED) is 0.827. The number of aromatic nitrogens is 2. The molecule has 0 aliphatic heterocycles. The highest BCUT2D eigenvalue weighted by molar-refractivity contribution is 5.29. The zero-order valence-electron chi connectivity index (χ0n) is 12.8. The van der Waals surface area contributed by atoms with Crippen molar-refractivity contribution in [3.05, 3.63) is 11.9 Å². The van der Waals surface area contributed by atoms with Crippen molar-refractivity contribution in [2.24, 2.45) is 0 Å². The van der Waals surface area contributed by atoms with Crippen LogP contribution in [-0.4, -0.2) is 34.2 Å². The second-order valence-corrected chi connectivity index (χ2v) is 5.14. The zero-order chi connectivity index (χ0) is 14.6. The normalized spacial score (nSPS) is 16.4. The Balaban J connectivity index is 3.23. The van der Waals surface area contributed by atoms with Crippen LogP contribution in [-0.2, 0) is 4.74 Å². The van der Waals surface area contributed by atoms with Crippen molar-refractivity contribution < 1.29 is 14.6 Å². The van der Waals surface area contributed by atoms with Crippen LogP contribution in [0.25, 0.3) is 0 Å². The Morgan fingerprint density at radius 1 is 1.42 bits per heavy atom. The maximum Gasteiger partial charge on any atom is 0.162 e. The average Bonchev–Trinajstić information content (AvgIpc) is 2.81. The fourth-order valence-corrected chi connectivity index (χ4v) is 2.18. The van der Waals surface area contributed by atoms with E-state index in [0.29, 0.717) is 24.5 Å². The van der Waals surface area contributed by atoms with E-state index in [-0.39, 0.29) is 6.04 Å². The summed E-state index contributed by atoms with van der Waals surface area (Å²) in [5.41, 5.74) is 0.0321. The van der Waals surface area contributed by atoms with Crippen LogP contribution in [0.5, 0.6) is 5.75 Å². The first-order valence-electron chi connectivity index (χ1n) is 6.84. The van der Waals surface area contributed by atoms with Crippen LogP contribution in [0.15, 0.2) is 6.20 Å². The van der Waals surface area contributed by atoms with Crippen molar-refractivity contribution in [3.8, 4) is 5.75 Å².